The van der Waals surface area contributed by atoms with E-state index in [9.17, 15) is 4.79 Å². The Morgan fingerprint density at radius 1 is 1.43 bits per heavy atom. The van der Waals surface area contributed by atoms with E-state index >= 15 is 0 Å². The van der Waals surface area contributed by atoms with Crippen LogP contribution < -0.4 is 4.74 Å². The van der Waals surface area contributed by atoms with E-state index in [1.54, 1.807) is 13.1 Å². The molecule has 6 heteroatoms. The Hall–Kier alpha value is -1.25. The standard InChI is InChI=1S/C17H19IN2O3/c1-2-15(21)23-17-14(18)10-12(11-20-6-8-22-9-7-20)13-4-3-5-19-16(13)17/h3-5,10H,2,6-9,11H2,1H3. The van der Waals surface area contributed by atoms with E-state index in [0.717, 1.165) is 47.3 Å². The van der Waals surface area contributed by atoms with Gasteiger partial charge in [-0.3, -0.25) is 14.7 Å². The molecular weight excluding hydrogens is 407 g/mol. The maximum atomic E-state index is 11.7. The van der Waals surface area contributed by atoms with Crippen LogP contribution in [0.5, 0.6) is 5.75 Å². The van der Waals surface area contributed by atoms with Gasteiger partial charge in [-0.15, -0.1) is 0 Å². The first-order chi connectivity index (χ1) is 11.2. The summed E-state index contributed by atoms with van der Waals surface area (Å²) in [6.07, 6.45) is 2.08. The van der Waals surface area contributed by atoms with E-state index in [1.807, 2.05) is 12.1 Å². The minimum atomic E-state index is -0.240. The van der Waals surface area contributed by atoms with Gasteiger partial charge in [-0.2, -0.15) is 0 Å². The number of rotatable bonds is 4. The molecule has 0 saturated carbocycles. The summed E-state index contributed by atoms with van der Waals surface area (Å²) < 4.78 is 11.8. The molecule has 0 bridgehead atoms. The summed E-state index contributed by atoms with van der Waals surface area (Å²) in [5.41, 5.74) is 1.96. The Morgan fingerprint density at radius 3 is 2.96 bits per heavy atom. The van der Waals surface area contributed by atoms with Crippen molar-refractivity contribution in [1.82, 2.24) is 9.88 Å². The molecule has 0 amide bonds. The Morgan fingerprint density at radius 2 is 2.22 bits per heavy atom. The Kier molecular flexibility index (Phi) is 5.45. The number of benzene rings is 1. The molecule has 1 aromatic carbocycles. The topological polar surface area (TPSA) is 51.7 Å². The first-order valence-corrected chi connectivity index (χ1v) is 8.83. The third-order valence-corrected chi connectivity index (χ3v) is 4.69. The van der Waals surface area contributed by atoms with Crippen LogP contribution in [0.1, 0.15) is 18.9 Å². The van der Waals surface area contributed by atoms with E-state index in [1.165, 1.54) is 5.56 Å². The van der Waals surface area contributed by atoms with E-state index in [-0.39, 0.29) is 5.97 Å². The molecule has 0 aliphatic carbocycles. The smallest absolute Gasteiger partial charge is 0.311 e. The molecule has 1 aromatic heterocycles. The molecule has 0 spiro atoms. The average Bonchev–Trinajstić information content (AvgIpc) is 2.59. The summed E-state index contributed by atoms with van der Waals surface area (Å²) in [6, 6.07) is 6.05. The van der Waals surface area contributed by atoms with Crippen LogP contribution in [0.4, 0.5) is 0 Å². The number of aromatic nitrogens is 1. The van der Waals surface area contributed by atoms with Gasteiger partial charge in [0.05, 0.1) is 16.8 Å². The third-order valence-electron chi connectivity index (χ3n) is 3.89. The number of halogens is 1. The molecule has 2 heterocycles. The molecule has 122 valence electrons. The fourth-order valence-electron chi connectivity index (χ4n) is 2.67. The van der Waals surface area contributed by atoms with Crippen molar-refractivity contribution >= 4 is 39.5 Å². The predicted octanol–water partition coefficient (Wildman–Crippen LogP) is 2.99. The number of nitrogens with zero attached hydrogens (tertiary/aromatic N) is 2. The lowest BCUT2D eigenvalue weighted by molar-refractivity contribution is -0.133. The van der Waals surface area contributed by atoms with Gasteiger partial charge in [0.1, 0.15) is 5.52 Å². The maximum absolute atomic E-state index is 11.7. The molecule has 5 nitrogen and oxygen atoms in total. The fraction of sp³-hybridized carbons (Fsp3) is 0.412. The predicted molar refractivity (Wildman–Crippen MR) is 96.5 cm³/mol. The highest BCUT2D eigenvalue weighted by Crippen LogP contribution is 2.33. The first-order valence-electron chi connectivity index (χ1n) is 7.76. The summed E-state index contributed by atoms with van der Waals surface area (Å²) in [5.74, 6) is 0.328. The summed E-state index contributed by atoms with van der Waals surface area (Å²) in [5, 5.41) is 1.04. The van der Waals surface area contributed by atoms with Gasteiger partial charge in [0.2, 0.25) is 0 Å². The van der Waals surface area contributed by atoms with Gasteiger partial charge in [0.15, 0.2) is 5.75 Å². The number of hydrogen-bond donors (Lipinski definition) is 0. The quantitative estimate of drug-likeness (QED) is 0.428. The van der Waals surface area contributed by atoms with Crippen molar-refractivity contribution in [3.8, 4) is 5.75 Å². The van der Waals surface area contributed by atoms with Crippen LogP contribution in [0.3, 0.4) is 0 Å². The number of pyridine rings is 1. The molecule has 3 rings (SSSR count). The zero-order chi connectivity index (χ0) is 16.2. The monoisotopic (exact) mass is 426 g/mol. The van der Waals surface area contributed by atoms with E-state index in [0.29, 0.717) is 12.2 Å². The highest BCUT2D eigenvalue weighted by molar-refractivity contribution is 14.1. The summed E-state index contributed by atoms with van der Waals surface area (Å²) >= 11 is 2.22. The van der Waals surface area contributed by atoms with Crippen molar-refractivity contribution in [3.05, 3.63) is 33.5 Å². The highest BCUT2D eigenvalue weighted by atomic mass is 127. The molecule has 1 saturated heterocycles. The van der Waals surface area contributed by atoms with Crippen LogP contribution in [0.25, 0.3) is 10.9 Å². The minimum absolute atomic E-state index is 0.240. The van der Waals surface area contributed by atoms with E-state index in [2.05, 4.69) is 38.5 Å². The van der Waals surface area contributed by atoms with Crippen LogP contribution in [0.2, 0.25) is 0 Å². The second-order valence-electron chi connectivity index (χ2n) is 5.46. The van der Waals surface area contributed by atoms with Gasteiger partial charge >= 0.3 is 5.97 Å². The van der Waals surface area contributed by atoms with Crippen LogP contribution in [-0.2, 0) is 16.1 Å². The van der Waals surface area contributed by atoms with E-state index in [4.69, 9.17) is 9.47 Å². The number of morpholine rings is 1. The maximum Gasteiger partial charge on any atom is 0.311 e. The van der Waals surface area contributed by atoms with Crippen molar-refractivity contribution < 1.29 is 14.3 Å². The van der Waals surface area contributed by atoms with Crippen molar-refractivity contribution in [1.29, 1.82) is 0 Å². The normalized spacial score (nSPS) is 15.7. The number of carbonyl (C=O) groups is 1. The van der Waals surface area contributed by atoms with Crippen molar-refractivity contribution in [2.45, 2.75) is 19.9 Å². The number of hydrogen-bond acceptors (Lipinski definition) is 5. The summed E-state index contributed by atoms with van der Waals surface area (Å²) in [4.78, 5) is 18.5. The number of fused-ring (bicyclic) bond motifs is 1. The fourth-order valence-corrected chi connectivity index (χ4v) is 3.41. The average molecular weight is 426 g/mol. The third kappa shape index (κ3) is 3.81. The zero-order valence-electron chi connectivity index (χ0n) is 13.0. The number of ether oxygens (including phenoxy) is 2. The van der Waals surface area contributed by atoms with Gasteiger partial charge in [0, 0.05) is 37.6 Å². The van der Waals surface area contributed by atoms with Gasteiger partial charge in [-0.05, 0) is 40.3 Å². The molecule has 0 unspecified atom stereocenters. The molecule has 1 aliphatic heterocycles. The molecule has 1 fully saturated rings. The van der Waals surface area contributed by atoms with Gasteiger partial charge in [0.25, 0.3) is 0 Å². The van der Waals surface area contributed by atoms with Crippen LogP contribution in [0, 0.1) is 3.57 Å². The molecule has 2 aromatic rings. The van der Waals surface area contributed by atoms with Crippen LogP contribution in [0.15, 0.2) is 24.4 Å². The molecule has 0 radical (unpaired) electrons. The molecule has 1 aliphatic rings. The summed E-state index contributed by atoms with van der Waals surface area (Å²) in [6.45, 7) is 6.07. The minimum Gasteiger partial charge on any atom is -0.423 e. The number of carbonyl (C=O) groups excluding carboxylic acids is 1. The van der Waals surface area contributed by atoms with Gasteiger partial charge in [-0.1, -0.05) is 13.0 Å². The number of esters is 1. The van der Waals surface area contributed by atoms with E-state index < -0.39 is 0 Å². The SMILES string of the molecule is CCC(=O)Oc1c(I)cc(CN2CCOCC2)c2cccnc12. The van der Waals surface area contributed by atoms with Crippen LogP contribution >= 0.6 is 22.6 Å². The van der Waals surface area contributed by atoms with Crippen molar-refractivity contribution in [2.24, 2.45) is 0 Å². The van der Waals surface area contributed by atoms with Crippen molar-refractivity contribution in [3.63, 3.8) is 0 Å². The molecule has 23 heavy (non-hydrogen) atoms. The largest absolute Gasteiger partial charge is 0.423 e. The lowest BCUT2D eigenvalue weighted by atomic mass is 10.1. The Balaban J connectivity index is 1.99. The second-order valence-corrected chi connectivity index (χ2v) is 6.62. The van der Waals surface area contributed by atoms with Crippen LogP contribution in [-0.4, -0.2) is 42.2 Å². The molecule has 0 N–H and O–H groups in total. The zero-order valence-corrected chi connectivity index (χ0v) is 15.2. The van der Waals surface area contributed by atoms with Gasteiger partial charge in [-0.25, -0.2) is 0 Å². The molecular formula is C17H19IN2O3. The molecule has 0 atom stereocenters. The highest BCUT2D eigenvalue weighted by Gasteiger charge is 2.18. The second kappa shape index (κ2) is 7.55. The Bertz CT molecular complexity index is 714. The first kappa shape index (κ1) is 16.6. The van der Waals surface area contributed by atoms with Gasteiger partial charge < -0.3 is 9.47 Å². The summed E-state index contributed by atoms with van der Waals surface area (Å²) in [7, 11) is 0. The Labute approximate surface area is 149 Å². The lowest BCUT2D eigenvalue weighted by Gasteiger charge is -2.27. The van der Waals surface area contributed by atoms with Crippen molar-refractivity contribution in [2.75, 3.05) is 26.3 Å². The lowest BCUT2D eigenvalue weighted by Crippen LogP contribution is -2.35.